The van der Waals surface area contributed by atoms with Crippen LogP contribution in [0.1, 0.15) is 43.2 Å². The molecule has 3 rings (SSSR count). The molecule has 0 bridgehead atoms. The molecule has 0 heterocycles. The first-order valence-corrected chi connectivity index (χ1v) is 9.67. The van der Waals surface area contributed by atoms with Gasteiger partial charge in [0.1, 0.15) is 16.9 Å². The Balaban J connectivity index is 2.15. The highest BCUT2D eigenvalue weighted by Gasteiger charge is 2.57. The van der Waals surface area contributed by atoms with Gasteiger partial charge >= 0.3 is 0 Å². The van der Waals surface area contributed by atoms with Crippen LogP contribution in [0.25, 0.3) is 0 Å². The number of methoxy groups -OCH3 is 2. The third kappa shape index (κ3) is 3.42. The molecule has 1 atom stereocenters. The van der Waals surface area contributed by atoms with Crippen molar-refractivity contribution in [2.24, 2.45) is 5.41 Å². The Morgan fingerprint density at radius 3 is 1.68 bits per heavy atom. The molecule has 4 nitrogen and oxygen atoms in total. The molecule has 1 aliphatic rings. The van der Waals surface area contributed by atoms with E-state index in [-0.39, 0.29) is 17.0 Å². The van der Waals surface area contributed by atoms with Gasteiger partial charge < -0.3 is 9.47 Å². The van der Waals surface area contributed by atoms with E-state index in [1.807, 2.05) is 26.0 Å². The number of halogens is 1. The highest BCUT2D eigenvalue weighted by Crippen LogP contribution is 2.51. The van der Waals surface area contributed by atoms with Gasteiger partial charge in [-0.15, -0.1) is 11.6 Å². The first-order valence-electron chi connectivity index (χ1n) is 9.24. The van der Waals surface area contributed by atoms with E-state index >= 15 is 0 Å². The van der Waals surface area contributed by atoms with Crippen molar-refractivity contribution >= 4 is 23.2 Å². The van der Waals surface area contributed by atoms with Gasteiger partial charge in [-0.1, -0.05) is 38.1 Å². The molecule has 1 saturated carbocycles. The fourth-order valence-electron chi connectivity index (χ4n) is 3.99. The smallest absolute Gasteiger partial charge is 0.153 e. The molecule has 0 spiro atoms. The second kappa shape index (κ2) is 7.59. The lowest BCUT2D eigenvalue weighted by Gasteiger charge is -2.43. The van der Waals surface area contributed by atoms with Crippen LogP contribution in [-0.2, 0) is 15.0 Å². The molecule has 0 radical (unpaired) electrons. The second-order valence-electron chi connectivity index (χ2n) is 8.04. The minimum atomic E-state index is -1.42. The number of rotatable bonds is 5. The summed E-state index contributed by atoms with van der Waals surface area (Å²) >= 11 is 6.91. The summed E-state index contributed by atoms with van der Waals surface area (Å²) in [6.45, 7) is 3.88. The molecule has 0 saturated heterocycles. The number of alkyl halides is 1. The van der Waals surface area contributed by atoms with Crippen molar-refractivity contribution < 1.29 is 19.1 Å². The molecule has 5 heteroatoms. The fourth-order valence-corrected chi connectivity index (χ4v) is 4.51. The zero-order valence-electron chi connectivity index (χ0n) is 16.6. The van der Waals surface area contributed by atoms with Crippen LogP contribution in [0.4, 0.5) is 0 Å². The van der Waals surface area contributed by atoms with Crippen LogP contribution in [0.5, 0.6) is 11.5 Å². The molecule has 2 aromatic rings. The van der Waals surface area contributed by atoms with E-state index < -0.39 is 10.8 Å². The van der Waals surface area contributed by atoms with Gasteiger partial charge in [-0.05, 0) is 40.8 Å². The maximum atomic E-state index is 13.5. The molecule has 0 N–H and O–H groups in total. The van der Waals surface area contributed by atoms with Crippen LogP contribution in [0.3, 0.4) is 0 Å². The van der Waals surface area contributed by atoms with Gasteiger partial charge in [0, 0.05) is 12.8 Å². The Morgan fingerprint density at radius 1 is 0.821 bits per heavy atom. The monoisotopic (exact) mass is 400 g/mol. The second-order valence-corrected chi connectivity index (χ2v) is 8.47. The maximum absolute atomic E-state index is 13.5. The summed E-state index contributed by atoms with van der Waals surface area (Å²) in [5.41, 5.74) is -0.479. The lowest BCUT2D eigenvalue weighted by molar-refractivity contribution is -0.142. The van der Waals surface area contributed by atoms with Gasteiger partial charge in [0.2, 0.25) is 0 Å². The first kappa shape index (κ1) is 20.4. The van der Waals surface area contributed by atoms with Gasteiger partial charge in [-0.2, -0.15) is 0 Å². The molecule has 28 heavy (non-hydrogen) atoms. The number of hydrogen-bond donors (Lipinski definition) is 0. The molecule has 0 aliphatic heterocycles. The van der Waals surface area contributed by atoms with Gasteiger partial charge in [0.05, 0.1) is 19.6 Å². The molecular weight excluding hydrogens is 376 g/mol. The number of benzene rings is 2. The van der Waals surface area contributed by atoms with Crippen molar-refractivity contribution in [2.75, 3.05) is 14.2 Å². The Labute approximate surface area is 170 Å². The molecule has 1 fully saturated rings. The number of hydrogen-bond acceptors (Lipinski definition) is 4. The summed E-state index contributed by atoms with van der Waals surface area (Å²) < 4.78 is 10.4. The molecule has 1 aliphatic carbocycles. The van der Waals surface area contributed by atoms with Crippen molar-refractivity contribution in [1.82, 2.24) is 0 Å². The van der Waals surface area contributed by atoms with Crippen LogP contribution in [-0.4, -0.2) is 25.8 Å². The summed E-state index contributed by atoms with van der Waals surface area (Å²) in [5, 5.41) is -0.817. The third-order valence-corrected chi connectivity index (χ3v) is 6.07. The summed E-state index contributed by atoms with van der Waals surface area (Å²) in [6, 6.07) is 14.2. The van der Waals surface area contributed by atoms with Crippen molar-refractivity contribution in [3.05, 3.63) is 59.7 Å². The predicted octanol–water partition coefficient (Wildman–Crippen LogP) is 4.88. The number of ether oxygens (including phenoxy) is 2. The van der Waals surface area contributed by atoms with Gasteiger partial charge in [0.25, 0.3) is 0 Å². The quantitative estimate of drug-likeness (QED) is 0.530. The SMILES string of the molecule is COc1ccc(C(Cl)C2(c3ccc(OC)cc3)C(=O)CC(C)(C)CC2=O)cc1. The topological polar surface area (TPSA) is 52.6 Å². The third-order valence-electron chi connectivity index (χ3n) is 5.49. The van der Waals surface area contributed by atoms with Crippen LogP contribution in [0.2, 0.25) is 0 Å². The Hall–Kier alpha value is -2.33. The molecular formula is C23H25ClO4. The van der Waals surface area contributed by atoms with E-state index in [9.17, 15) is 9.59 Å². The normalized spacial score (nSPS) is 19.2. The van der Waals surface area contributed by atoms with Gasteiger partial charge in [-0.3, -0.25) is 9.59 Å². The Morgan fingerprint density at radius 2 is 1.25 bits per heavy atom. The predicted molar refractivity (Wildman–Crippen MR) is 109 cm³/mol. The van der Waals surface area contributed by atoms with E-state index in [0.29, 0.717) is 35.5 Å². The highest BCUT2D eigenvalue weighted by molar-refractivity contribution is 6.30. The van der Waals surface area contributed by atoms with Crippen LogP contribution in [0, 0.1) is 5.41 Å². The van der Waals surface area contributed by atoms with Crippen molar-refractivity contribution in [2.45, 2.75) is 37.5 Å². The average molecular weight is 401 g/mol. The number of ketones is 2. The van der Waals surface area contributed by atoms with Crippen LogP contribution in [0.15, 0.2) is 48.5 Å². The van der Waals surface area contributed by atoms with Crippen molar-refractivity contribution in [3.8, 4) is 11.5 Å². The van der Waals surface area contributed by atoms with Crippen molar-refractivity contribution in [3.63, 3.8) is 0 Å². The zero-order valence-corrected chi connectivity index (χ0v) is 17.4. The summed E-state index contributed by atoms with van der Waals surface area (Å²) in [7, 11) is 3.16. The largest absolute Gasteiger partial charge is 0.497 e. The zero-order chi connectivity index (χ0) is 20.5. The Kier molecular flexibility index (Phi) is 5.53. The minimum Gasteiger partial charge on any atom is -0.497 e. The van der Waals surface area contributed by atoms with Crippen molar-refractivity contribution in [1.29, 1.82) is 0 Å². The van der Waals surface area contributed by atoms with E-state index in [1.165, 1.54) is 0 Å². The molecule has 2 aromatic carbocycles. The standard InChI is InChI=1S/C23H25ClO4/c1-22(2)13-19(25)23(20(26)14-22,16-7-11-18(28-4)12-8-16)21(24)15-5-9-17(27-3)10-6-15/h5-12,21H,13-14H2,1-4H3. The van der Waals surface area contributed by atoms with Crippen LogP contribution < -0.4 is 9.47 Å². The molecule has 0 aromatic heterocycles. The van der Waals surface area contributed by atoms with Gasteiger partial charge in [-0.25, -0.2) is 0 Å². The lowest BCUT2D eigenvalue weighted by atomic mass is 9.58. The maximum Gasteiger partial charge on any atom is 0.153 e. The number of carbonyl (C=O) groups is 2. The highest BCUT2D eigenvalue weighted by atomic mass is 35.5. The number of Topliss-reactive ketones (excluding diaryl/α,β-unsaturated/α-hetero) is 2. The molecule has 0 amide bonds. The van der Waals surface area contributed by atoms with Gasteiger partial charge in [0.15, 0.2) is 11.6 Å². The summed E-state index contributed by atoms with van der Waals surface area (Å²) in [6.07, 6.45) is 0.592. The van der Waals surface area contributed by atoms with E-state index in [1.54, 1.807) is 50.6 Å². The summed E-state index contributed by atoms with van der Waals surface area (Å²) in [4.78, 5) is 26.9. The molecule has 148 valence electrons. The van der Waals surface area contributed by atoms with Crippen LogP contribution >= 0.6 is 11.6 Å². The number of carbonyl (C=O) groups excluding carboxylic acids is 2. The minimum absolute atomic E-state index is 0.144. The molecule has 1 unspecified atom stereocenters. The Bertz CT molecular complexity index is 848. The fraction of sp³-hybridized carbons (Fsp3) is 0.391. The average Bonchev–Trinajstić information content (AvgIpc) is 2.67. The lowest BCUT2D eigenvalue weighted by Crippen LogP contribution is -2.53. The van der Waals surface area contributed by atoms with E-state index in [0.717, 1.165) is 0 Å². The summed E-state index contributed by atoms with van der Waals surface area (Å²) in [5.74, 6) is 1.06. The van der Waals surface area contributed by atoms with E-state index in [2.05, 4.69) is 0 Å². The first-order chi connectivity index (χ1) is 13.2. The van der Waals surface area contributed by atoms with E-state index in [4.69, 9.17) is 21.1 Å².